The third-order valence-electron chi connectivity index (χ3n) is 3.17. The van der Waals surface area contributed by atoms with E-state index in [2.05, 4.69) is 5.32 Å². The highest BCUT2D eigenvalue weighted by Gasteiger charge is 2.11. The number of hydrogen-bond donors (Lipinski definition) is 1. The van der Waals surface area contributed by atoms with Gasteiger partial charge in [-0.3, -0.25) is 9.69 Å². The van der Waals surface area contributed by atoms with Gasteiger partial charge in [-0.2, -0.15) is 0 Å². The van der Waals surface area contributed by atoms with Crippen molar-refractivity contribution < 1.29 is 14.3 Å². The molecule has 24 heavy (non-hydrogen) atoms. The van der Waals surface area contributed by atoms with E-state index in [1.807, 2.05) is 29.5 Å². The molecule has 0 radical (unpaired) electrons. The van der Waals surface area contributed by atoms with E-state index in [4.69, 9.17) is 4.74 Å². The lowest BCUT2D eigenvalue weighted by molar-refractivity contribution is -0.117. The van der Waals surface area contributed by atoms with Crippen molar-refractivity contribution in [1.82, 2.24) is 4.90 Å². The average molecular weight is 346 g/mol. The van der Waals surface area contributed by atoms with Crippen LogP contribution >= 0.6 is 11.3 Å². The van der Waals surface area contributed by atoms with Crippen molar-refractivity contribution in [1.29, 1.82) is 0 Å². The van der Waals surface area contributed by atoms with Gasteiger partial charge in [0.15, 0.2) is 0 Å². The standard InChI is InChI=1S/C18H22N2O3S/c1-13(2)23-18(22)14-6-8-15(9-7-14)19-17(21)12-20(3)11-16-5-4-10-24-16/h4-10,13H,11-12H2,1-3H3,(H,19,21). The number of rotatable bonds is 7. The Labute approximate surface area is 146 Å². The lowest BCUT2D eigenvalue weighted by Crippen LogP contribution is -2.29. The molecule has 128 valence electrons. The molecule has 0 spiro atoms. The summed E-state index contributed by atoms with van der Waals surface area (Å²) in [5.41, 5.74) is 1.13. The fourth-order valence-electron chi connectivity index (χ4n) is 2.14. The molecule has 0 saturated heterocycles. The number of likely N-dealkylation sites (N-methyl/N-ethyl adjacent to an activating group) is 1. The first kappa shape index (κ1) is 18.2. The van der Waals surface area contributed by atoms with Gasteiger partial charge in [0.25, 0.3) is 0 Å². The highest BCUT2D eigenvalue weighted by atomic mass is 32.1. The van der Waals surface area contributed by atoms with Crippen LogP contribution in [0.3, 0.4) is 0 Å². The Hall–Kier alpha value is -2.18. The van der Waals surface area contributed by atoms with Crippen molar-refractivity contribution in [3.05, 3.63) is 52.2 Å². The van der Waals surface area contributed by atoms with Crippen molar-refractivity contribution in [2.45, 2.75) is 26.5 Å². The van der Waals surface area contributed by atoms with E-state index in [0.29, 0.717) is 17.8 Å². The lowest BCUT2D eigenvalue weighted by atomic mass is 10.2. The molecule has 1 N–H and O–H groups in total. The Morgan fingerprint density at radius 1 is 1.21 bits per heavy atom. The van der Waals surface area contributed by atoms with E-state index < -0.39 is 0 Å². The largest absolute Gasteiger partial charge is 0.459 e. The number of esters is 1. The molecule has 1 aromatic carbocycles. The summed E-state index contributed by atoms with van der Waals surface area (Å²) < 4.78 is 5.13. The molecule has 0 aliphatic carbocycles. The first-order chi connectivity index (χ1) is 11.4. The number of nitrogens with one attached hydrogen (secondary N) is 1. The number of nitrogens with zero attached hydrogens (tertiary/aromatic N) is 1. The van der Waals surface area contributed by atoms with Gasteiger partial charge in [0.1, 0.15) is 0 Å². The monoisotopic (exact) mass is 346 g/mol. The first-order valence-electron chi connectivity index (χ1n) is 7.76. The molecule has 1 heterocycles. The maximum Gasteiger partial charge on any atom is 0.338 e. The summed E-state index contributed by atoms with van der Waals surface area (Å²) in [4.78, 5) is 27.0. The molecule has 1 amide bonds. The fraction of sp³-hybridized carbons (Fsp3) is 0.333. The van der Waals surface area contributed by atoms with Crippen LogP contribution in [0.25, 0.3) is 0 Å². The zero-order valence-corrected chi connectivity index (χ0v) is 14.9. The average Bonchev–Trinajstić information content (AvgIpc) is 2.99. The zero-order valence-electron chi connectivity index (χ0n) is 14.1. The van der Waals surface area contributed by atoms with Gasteiger partial charge >= 0.3 is 5.97 Å². The van der Waals surface area contributed by atoms with Crippen LogP contribution in [0.4, 0.5) is 5.69 Å². The quantitative estimate of drug-likeness (QED) is 0.781. The molecule has 0 aliphatic rings. The maximum absolute atomic E-state index is 12.1. The van der Waals surface area contributed by atoms with E-state index in [9.17, 15) is 9.59 Å². The van der Waals surface area contributed by atoms with Crippen LogP contribution in [-0.4, -0.2) is 36.5 Å². The molecule has 2 rings (SSSR count). The van der Waals surface area contributed by atoms with Gasteiger partial charge in [0.2, 0.25) is 5.91 Å². The van der Waals surface area contributed by atoms with Crippen molar-refractivity contribution in [3.63, 3.8) is 0 Å². The molecular weight excluding hydrogens is 324 g/mol. The number of hydrogen-bond acceptors (Lipinski definition) is 5. The van der Waals surface area contributed by atoms with E-state index in [1.54, 1.807) is 49.4 Å². The summed E-state index contributed by atoms with van der Waals surface area (Å²) >= 11 is 1.67. The number of ether oxygens (including phenoxy) is 1. The van der Waals surface area contributed by atoms with Crippen LogP contribution in [0.1, 0.15) is 29.1 Å². The number of amides is 1. The predicted molar refractivity (Wildman–Crippen MR) is 96.3 cm³/mol. The summed E-state index contributed by atoms with van der Waals surface area (Å²) in [6.45, 7) is 4.65. The molecule has 0 saturated carbocycles. The topological polar surface area (TPSA) is 58.6 Å². The van der Waals surface area contributed by atoms with Crippen molar-refractivity contribution >= 4 is 28.9 Å². The van der Waals surface area contributed by atoms with E-state index in [0.717, 1.165) is 6.54 Å². The minimum atomic E-state index is -0.362. The first-order valence-corrected chi connectivity index (χ1v) is 8.64. The van der Waals surface area contributed by atoms with E-state index in [1.165, 1.54) is 4.88 Å². The second-order valence-corrected chi connectivity index (χ2v) is 6.86. The van der Waals surface area contributed by atoms with Gasteiger partial charge < -0.3 is 10.1 Å². The van der Waals surface area contributed by atoms with Gasteiger partial charge in [-0.1, -0.05) is 6.07 Å². The molecule has 5 nitrogen and oxygen atoms in total. The van der Waals surface area contributed by atoms with Crippen molar-refractivity contribution in [3.8, 4) is 0 Å². The number of carbonyl (C=O) groups excluding carboxylic acids is 2. The molecular formula is C18H22N2O3S. The lowest BCUT2D eigenvalue weighted by Gasteiger charge is -2.15. The van der Waals surface area contributed by atoms with Crippen LogP contribution < -0.4 is 5.32 Å². The number of thiophene rings is 1. The molecule has 2 aromatic rings. The molecule has 0 bridgehead atoms. The van der Waals surface area contributed by atoms with Gasteiger partial charge in [-0.15, -0.1) is 11.3 Å². The van der Waals surface area contributed by atoms with Crippen molar-refractivity contribution in [2.24, 2.45) is 0 Å². The molecule has 0 unspecified atom stereocenters. The smallest absolute Gasteiger partial charge is 0.338 e. The predicted octanol–water partition coefficient (Wildman–Crippen LogP) is 3.38. The highest BCUT2D eigenvalue weighted by Crippen LogP contribution is 2.13. The summed E-state index contributed by atoms with van der Waals surface area (Å²) in [5.74, 6) is -0.454. The third-order valence-corrected chi connectivity index (χ3v) is 4.03. The van der Waals surface area contributed by atoms with Crippen LogP contribution in [0, 0.1) is 0 Å². The van der Waals surface area contributed by atoms with Gasteiger partial charge in [0.05, 0.1) is 18.2 Å². The third kappa shape index (κ3) is 5.79. The van der Waals surface area contributed by atoms with Gasteiger partial charge in [-0.25, -0.2) is 4.79 Å². The fourth-order valence-corrected chi connectivity index (χ4v) is 2.93. The number of carbonyl (C=O) groups is 2. The van der Waals surface area contributed by atoms with Crippen LogP contribution in [-0.2, 0) is 16.1 Å². The Bertz CT molecular complexity index is 666. The minimum absolute atomic E-state index is 0.0911. The molecule has 1 aromatic heterocycles. The SMILES string of the molecule is CC(C)OC(=O)c1ccc(NC(=O)CN(C)Cc2cccs2)cc1. The summed E-state index contributed by atoms with van der Waals surface area (Å²) in [7, 11) is 1.91. The Balaban J connectivity index is 1.84. The Morgan fingerprint density at radius 3 is 2.50 bits per heavy atom. The molecule has 0 atom stereocenters. The van der Waals surface area contributed by atoms with Crippen molar-refractivity contribution in [2.75, 3.05) is 18.9 Å². The maximum atomic E-state index is 12.1. The Kier molecular flexibility index (Phi) is 6.52. The van der Waals surface area contributed by atoms with E-state index >= 15 is 0 Å². The second-order valence-electron chi connectivity index (χ2n) is 5.83. The van der Waals surface area contributed by atoms with Gasteiger partial charge in [-0.05, 0) is 56.6 Å². The highest BCUT2D eigenvalue weighted by molar-refractivity contribution is 7.09. The summed E-state index contributed by atoms with van der Waals surface area (Å²) in [6.07, 6.45) is -0.157. The van der Waals surface area contributed by atoms with E-state index in [-0.39, 0.29) is 18.0 Å². The summed E-state index contributed by atoms with van der Waals surface area (Å²) in [6, 6.07) is 10.8. The number of benzene rings is 1. The normalized spacial score (nSPS) is 10.9. The number of anilines is 1. The zero-order chi connectivity index (χ0) is 17.5. The molecule has 0 aliphatic heterocycles. The minimum Gasteiger partial charge on any atom is -0.459 e. The second kappa shape index (κ2) is 8.61. The molecule has 6 heteroatoms. The van der Waals surface area contributed by atoms with Crippen LogP contribution in [0.15, 0.2) is 41.8 Å². The Morgan fingerprint density at radius 2 is 1.92 bits per heavy atom. The summed E-state index contributed by atoms with van der Waals surface area (Å²) in [5, 5.41) is 4.85. The molecule has 0 fully saturated rings. The van der Waals surface area contributed by atoms with Crippen LogP contribution in [0.2, 0.25) is 0 Å². The van der Waals surface area contributed by atoms with Gasteiger partial charge in [0, 0.05) is 17.1 Å². The van der Waals surface area contributed by atoms with Crippen LogP contribution in [0.5, 0.6) is 0 Å².